The molecule has 16 heavy (non-hydrogen) atoms. The van der Waals surface area contributed by atoms with E-state index in [4.69, 9.17) is 9.47 Å². The fraction of sp³-hybridized carbons (Fsp3) is 0.154. The first kappa shape index (κ1) is 12.0. The SMILES string of the molecule is C=Cc1cc(OC)cc(C=C)c1OC(C)=O. The number of ether oxygens (including phenoxy) is 2. The van der Waals surface area contributed by atoms with Crippen LogP contribution >= 0.6 is 0 Å². The third-order valence-corrected chi connectivity index (χ3v) is 2.04. The highest BCUT2D eigenvalue weighted by Crippen LogP contribution is 2.31. The van der Waals surface area contributed by atoms with Crippen LogP contribution in [0.2, 0.25) is 0 Å². The van der Waals surface area contributed by atoms with Gasteiger partial charge in [0.05, 0.1) is 7.11 Å². The Labute approximate surface area is 95.0 Å². The van der Waals surface area contributed by atoms with Crippen molar-refractivity contribution < 1.29 is 14.3 Å². The predicted octanol–water partition coefficient (Wildman–Crippen LogP) is 2.91. The van der Waals surface area contributed by atoms with Crippen LogP contribution in [-0.4, -0.2) is 13.1 Å². The van der Waals surface area contributed by atoms with Crippen LogP contribution in [0.1, 0.15) is 18.1 Å². The molecule has 0 amide bonds. The molecule has 0 unspecified atom stereocenters. The molecule has 0 saturated heterocycles. The van der Waals surface area contributed by atoms with E-state index in [0.29, 0.717) is 22.6 Å². The summed E-state index contributed by atoms with van der Waals surface area (Å²) in [5, 5.41) is 0. The van der Waals surface area contributed by atoms with Crippen molar-refractivity contribution in [2.24, 2.45) is 0 Å². The molecule has 0 heterocycles. The van der Waals surface area contributed by atoms with Crippen LogP contribution in [0, 0.1) is 0 Å². The summed E-state index contributed by atoms with van der Waals surface area (Å²) >= 11 is 0. The van der Waals surface area contributed by atoms with E-state index < -0.39 is 0 Å². The van der Waals surface area contributed by atoms with Crippen molar-refractivity contribution in [1.82, 2.24) is 0 Å². The lowest BCUT2D eigenvalue weighted by atomic mass is 10.1. The van der Waals surface area contributed by atoms with E-state index in [1.54, 1.807) is 31.4 Å². The minimum absolute atomic E-state index is 0.378. The lowest BCUT2D eigenvalue weighted by Crippen LogP contribution is -2.04. The minimum atomic E-state index is -0.378. The van der Waals surface area contributed by atoms with E-state index in [-0.39, 0.29) is 5.97 Å². The lowest BCUT2D eigenvalue weighted by molar-refractivity contribution is -0.131. The molecule has 0 N–H and O–H groups in total. The molecule has 84 valence electrons. The highest BCUT2D eigenvalue weighted by molar-refractivity contribution is 5.76. The van der Waals surface area contributed by atoms with E-state index in [9.17, 15) is 4.79 Å². The van der Waals surface area contributed by atoms with Crippen LogP contribution < -0.4 is 9.47 Å². The molecule has 0 aromatic heterocycles. The zero-order valence-electron chi connectivity index (χ0n) is 9.45. The zero-order valence-corrected chi connectivity index (χ0v) is 9.45. The normalized spacial score (nSPS) is 9.38. The third-order valence-electron chi connectivity index (χ3n) is 2.04. The Morgan fingerprint density at radius 3 is 2.06 bits per heavy atom. The van der Waals surface area contributed by atoms with Gasteiger partial charge in [0.2, 0.25) is 0 Å². The summed E-state index contributed by atoms with van der Waals surface area (Å²) in [6, 6.07) is 3.50. The molecule has 0 fully saturated rings. The number of esters is 1. The topological polar surface area (TPSA) is 35.5 Å². The van der Waals surface area contributed by atoms with Gasteiger partial charge in [0.15, 0.2) is 0 Å². The van der Waals surface area contributed by atoms with Crippen LogP contribution in [0.4, 0.5) is 0 Å². The highest BCUT2D eigenvalue weighted by Gasteiger charge is 2.10. The van der Waals surface area contributed by atoms with Crippen LogP contribution in [0.15, 0.2) is 25.3 Å². The van der Waals surface area contributed by atoms with Gasteiger partial charge in [-0.2, -0.15) is 0 Å². The van der Waals surface area contributed by atoms with Crippen LogP contribution in [0.25, 0.3) is 12.2 Å². The van der Waals surface area contributed by atoms with Crippen molar-refractivity contribution in [3.8, 4) is 11.5 Å². The summed E-state index contributed by atoms with van der Waals surface area (Å²) < 4.78 is 10.2. The fourth-order valence-corrected chi connectivity index (χ4v) is 1.33. The van der Waals surface area contributed by atoms with Gasteiger partial charge in [-0.1, -0.05) is 25.3 Å². The fourth-order valence-electron chi connectivity index (χ4n) is 1.33. The second kappa shape index (κ2) is 5.16. The van der Waals surface area contributed by atoms with E-state index in [2.05, 4.69) is 13.2 Å². The maximum Gasteiger partial charge on any atom is 0.308 e. The summed E-state index contributed by atoms with van der Waals surface area (Å²) in [6.45, 7) is 8.69. The average Bonchev–Trinajstić information content (AvgIpc) is 2.28. The van der Waals surface area contributed by atoms with Gasteiger partial charge in [0.25, 0.3) is 0 Å². The summed E-state index contributed by atoms with van der Waals surface area (Å²) in [4.78, 5) is 11.0. The molecule has 3 heteroatoms. The summed E-state index contributed by atoms with van der Waals surface area (Å²) in [5.74, 6) is 0.746. The smallest absolute Gasteiger partial charge is 0.308 e. The number of benzene rings is 1. The molecule has 1 rings (SSSR count). The van der Waals surface area contributed by atoms with Gasteiger partial charge >= 0.3 is 5.97 Å². The largest absolute Gasteiger partial charge is 0.497 e. The highest BCUT2D eigenvalue weighted by atomic mass is 16.5. The first-order valence-corrected chi connectivity index (χ1v) is 4.77. The van der Waals surface area contributed by atoms with Gasteiger partial charge in [-0.25, -0.2) is 0 Å². The van der Waals surface area contributed by atoms with Crippen LogP contribution in [-0.2, 0) is 4.79 Å². The molecule has 0 aliphatic rings. The van der Waals surface area contributed by atoms with Gasteiger partial charge in [-0.05, 0) is 12.1 Å². The van der Waals surface area contributed by atoms with Crippen molar-refractivity contribution in [3.63, 3.8) is 0 Å². The Morgan fingerprint density at radius 2 is 1.75 bits per heavy atom. The molecule has 0 spiro atoms. The van der Waals surface area contributed by atoms with Gasteiger partial charge in [0.1, 0.15) is 11.5 Å². The Hall–Kier alpha value is -2.03. The molecule has 0 saturated carbocycles. The van der Waals surface area contributed by atoms with Crippen LogP contribution in [0.5, 0.6) is 11.5 Å². The van der Waals surface area contributed by atoms with Crippen molar-refractivity contribution >= 4 is 18.1 Å². The van der Waals surface area contributed by atoms with E-state index >= 15 is 0 Å². The maximum atomic E-state index is 11.0. The molecular weight excluding hydrogens is 204 g/mol. The van der Waals surface area contributed by atoms with E-state index in [1.807, 2.05) is 0 Å². The molecule has 1 aromatic rings. The van der Waals surface area contributed by atoms with Crippen molar-refractivity contribution in [2.75, 3.05) is 7.11 Å². The number of hydrogen-bond donors (Lipinski definition) is 0. The minimum Gasteiger partial charge on any atom is -0.497 e. The third kappa shape index (κ3) is 2.51. The molecule has 0 bridgehead atoms. The molecule has 0 aliphatic carbocycles. The second-order valence-electron chi connectivity index (χ2n) is 3.14. The molecule has 0 atom stereocenters. The number of carbonyl (C=O) groups is 1. The molecule has 0 aliphatic heterocycles. The number of hydrogen-bond acceptors (Lipinski definition) is 3. The zero-order chi connectivity index (χ0) is 12.1. The summed E-state index contributed by atoms with van der Waals surface area (Å²) in [6.07, 6.45) is 3.21. The Morgan fingerprint density at radius 1 is 1.25 bits per heavy atom. The summed E-state index contributed by atoms with van der Waals surface area (Å²) in [5.41, 5.74) is 1.40. The Kier molecular flexibility index (Phi) is 3.89. The van der Waals surface area contributed by atoms with Gasteiger partial charge in [-0.15, -0.1) is 0 Å². The standard InChI is InChI=1S/C13H14O3/c1-5-10-7-12(15-4)8-11(6-2)13(10)16-9(3)14/h5-8H,1-2H2,3-4H3. The predicted molar refractivity (Wildman–Crippen MR) is 64.5 cm³/mol. The maximum absolute atomic E-state index is 11.0. The van der Waals surface area contributed by atoms with Crippen molar-refractivity contribution in [2.45, 2.75) is 6.92 Å². The van der Waals surface area contributed by atoms with Crippen molar-refractivity contribution in [3.05, 3.63) is 36.4 Å². The van der Waals surface area contributed by atoms with Gasteiger partial charge in [0, 0.05) is 18.1 Å². The monoisotopic (exact) mass is 218 g/mol. The van der Waals surface area contributed by atoms with Crippen molar-refractivity contribution in [1.29, 1.82) is 0 Å². The first-order chi connectivity index (χ1) is 7.62. The molecule has 1 aromatic carbocycles. The summed E-state index contributed by atoms with van der Waals surface area (Å²) in [7, 11) is 1.57. The molecule has 0 radical (unpaired) electrons. The lowest BCUT2D eigenvalue weighted by Gasteiger charge is -2.11. The average molecular weight is 218 g/mol. The van der Waals surface area contributed by atoms with E-state index in [0.717, 1.165) is 0 Å². The Balaban J connectivity index is 3.36. The number of carbonyl (C=O) groups excluding carboxylic acids is 1. The molecular formula is C13H14O3. The first-order valence-electron chi connectivity index (χ1n) is 4.77. The second-order valence-corrected chi connectivity index (χ2v) is 3.14. The van der Waals surface area contributed by atoms with Crippen LogP contribution in [0.3, 0.4) is 0 Å². The van der Waals surface area contributed by atoms with Gasteiger partial charge in [-0.3, -0.25) is 4.79 Å². The quantitative estimate of drug-likeness (QED) is 0.575. The number of rotatable bonds is 4. The van der Waals surface area contributed by atoms with Gasteiger partial charge < -0.3 is 9.47 Å². The van der Waals surface area contributed by atoms with E-state index in [1.165, 1.54) is 6.92 Å². The number of methoxy groups -OCH3 is 1. The molecule has 3 nitrogen and oxygen atoms in total. The Bertz CT molecular complexity index is 404.